The lowest BCUT2D eigenvalue weighted by molar-refractivity contribution is 0.235. The van der Waals surface area contributed by atoms with Gasteiger partial charge in [0.25, 0.3) is 0 Å². The number of nitrogens with two attached hydrogens (primary N) is 1. The fraction of sp³-hybridized carbons (Fsp3) is 0.857. The van der Waals surface area contributed by atoms with Gasteiger partial charge in [0, 0.05) is 6.54 Å². The number of carbonyl (C=O) groups excluding carboxylic acids is 1. The topological polar surface area (TPSA) is 79.2 Å². The number of hydrogen-bond acceptors (Lipinski definition) is 3. The van der Waals surface area contributed by atoms with Crippen LogP contribution in [0.2, 0.25) is 0 Å². The Morgan fingerprint density at radius 1 is 1.67 bits per heavy atom. The summed E-state index contributed by atoms with van der Waals surface area (Å²) in [7, 11) is 1.69. The van der Waals surface area contributed by atoms with Gasteiger partial charge in [-0.15, -0.1) is 0 Å². The molecule has 12 heavy (non-hydrogen) atoms. The molecule has 0 aromatic heterocycles. The van der Waals surface area contributed by atoms with Crippen molar-refractivity contribution in [1.29, 1.82) is 0 Å². The molecule has 70 valence electrons. The van der Waals surface area contributed by atoms with Crippen LogP contribution in [0.25, 0.3) is 0 Å². The second-order valence-corrected chi connectivity index (χ2v) is 3.06. The fourth-order valence-electron chi connectivity index (χ4n) is 0.823. The summed E-state index contributed by atoms with van der Waals surface area (Å²) in [6.07, 6.45) is 2.00. The predicted molar refractivity (Wildman–Crippen MR) is 46.3 cm³/mol. The van der Waals surface area contributed by atoms with E-state index < -0.39 is 6.29 Å². The highest BCUT2D eigenvalue weighted by Gasteiger charge is 2.21. The van der Waals surface area contributed by atoms with Crippen LogP contribution in [0.5, 0.6) is 0 Å². The van der Waals surface area contributed by atoms with Crippen LogP contribution in [-0.2, 0) is 0 Å². The average molecular weight is 172 g/mol. The third kappa shape index (κ3) is 3.54. The molecule has 1 aliphatic carbocycles. The van der Waals surface area contributed by atoms with Crippen LogP contribution >= 0.6 is 0 Å². The van der Waals surface area contributed by atoms with E-state index in [0.29, 0.717) is 5.92 Å². The molecule has 0 radical (unpaired) electrons. The predicted octanol–water partition coefficient (Wildman–Crippen LogP) is -0.843. The molecule has 0 aliphatic heterocycles. The molecule has 0 bridgehead atoms. The SMILES string of the molecule is CNC(N)NC(=O)NCC1CC1. The maximum absolute atomic E-state index is 11.0. The zero-order valence-electron chi connectivity index (χ0n) is 7.26. The van der Waals surface area contributed by atoms with Crippen LogP contribution < -0.4 is 21.7 Å². The number of nitrogens with one attached hydrogen (secondary N) is 3. The first-order chi connectivity index (χ1) is 5.72. The molecule has 5 N–H and O–H groups in total. The third-order valence-corrected chi connectivity index (χ3v) is 1.85. The molecule has 2 amide bonds. The molecule has 5 heteroatoms. The Morgan fingerprint density at radius 2 is 2.33 bits per heavy atom. The minimum absolute atomic E-state index is 0.205. The quantitative estimate of drug-likeness (QED) is 0.417. The second kappa shape index (κ2) is 4.27. The molecule has 0 aromatic rings. The maximum Gasteiger partial charge on any atom is 0.317 e. The lowest BCUT2D eigenvalue weighted by Crippen LogP contribution is -2.53. The first kappa shape index (κ1) is 9.28. The van der Waals surface area contributed by atoms with Crippen LogP contribution in [0.15, 0.2) is 0 Å². The molecule has 1 saturated carbocycles. The van der Waals surface area contributed by atoms with E-state index in [-0.39, 0.29) is 6.03 Å². The van der Waals surface area contributed by atoms with Crippen LogP contribution in [0, 0.1) is 5.92 Å². The summed E-state index contributed by atoms with van der Waals surface area (Å²) in [5.74, 6) is 0.696. The Morgan fingerprint density at radius 3 is 2.83 bits per heavy atom. The highest BCUT2D eigenvalue weighted by atomic mass is 16.2. The summed E-state index contributed by atoms with van der Waals surface area (Å²) < 4.78 is 0. The van der Waals surface area contributed by atoms with E-state index in [4.69, 9.17) is 5.73 Å². The number of carbonyl (C=O) groups is 1. The Bertz CT molecular complexity index is 157. The molecule has 0 aromatic carbocycles. The van der Waals surface area contributed by atoms with Crippen molar-refractivity contribution in [1.82, 2.24) is 16.0 Å². The van der Waals surface area contributed by atoms with E-state index in [0.717, 1.165) is 6.54 Å². The van der Waals surface area contributed by atoms with Crippen LogP contribution in [0.3, 0.4) is 0 Å². The van der Waals surface area contributed by atoms with Crippen molar-refractivity contribution in [2.24, 2.45) is 11.7 Å². The van der Waals surface area contributed by atoms with Crippen molar-refractivity contribution in [2.75, 3.05) is 13.6 Å². The van der Waals surface area contributed by atoms with Crippen molar-refractivity contribution in [3.8, 4) is 0 Å². The molecule has 0 spiro atoms. The highest BCUT2D eigenvalue weighted by Crippen LogP contribution is 2.27. The molecule has 1 aliphatic rings. The average Bonchev–Trinajstić information content (AvgIpc) is 2.83. The van der Waals surface area contributed by atoms with Crippen molar-refractivity contribution < 1.29 is 4.79 Å². The van der Waals surface area contributed by atoms with Gasteiger partial charge in [-0.3, -0.25) is 11.1 Å². The van der Waals surface area contributed by atoms with E-state index in [1.54, 1.807) is 7.05 Å². The van der Waals surface area contributed by atoms with Crippen LogP contribution in [-0.4, -0.2) is 25.9 Å². The number of amides is 2. The zero-order chi connectivity index (χ0) is 8.97. The van der Waals surface area contributed by atoms with Crippen molar-refractivity contribution in [3.63, 3.8) is 0 Å². The number of hydrogen-bond donors (Lipinski definition) is 4. The van der Waals surface area contributed by atoms with Crippen molar-refractivity contribution in [3.05, 3.63) is 0 Å². The lowest BCUT2D eigenvalue weighted by atomic mass is 10.4. The van der Waals surface area contributed by atoms with Gasteiger partial charge < -0.3 is 10.6 Å². The Kier molecular flexibility index (Phi) is 3.31. The summed E-state index contributed by atoms with van der Waals surface area (Å²) >= 11 is 0. The van der Waals surface area contributed by atoms with E-state index in [9.17, 15) is 4.79 Å². The van der Waals surface area contributed by atoms with Crippen LogP contribution in [0.4, 0.5) is 4.79 Å². The van der Waals surface area contributed by atoms with Crippen molar-refractivity contribution in [2.45, 2.75) is 19.1 Å². The third-order valence-electron chi connectivity index (χ3n) is 1.85. The smallest absolute Gasteiger partial charge is 0.317 e. The maximum atomic E-state index is 11.0. The normalized spacial score (nSPS) is 18.5. The summed E-state index contributed by atoms with van der Waals surface area (Å²) in [5, 5.41) is 7.97. The van der Waals surface area contributed by atoms with Gasteiger partial charge in [-0.25, -0.2) is 4.79 Å². The van der Waals surface area contributed by atoms with Gasteiger partial charge in [0.1, 0.15) is 6.29 Å². The second-order valence-electron chi connectivity index (χ2n) is 3.06. The van der Waals surface area contributed by atoms with Gasteiger partial charge in [-0.1, -0.05) is 0 Å². The van der Waals surface area contributed by atoms with Gasteiger partial charge in [0.15, 0.2) is 0 Å². The summed E-state index contributed by atoms with van der Waals surface area (Å²) in [6, 6.07) is -0.205. The Labute approximate surface area is 72.1 Å². The van der Waals surface area contributed by atoms with Gasteiger partial charge in [-0.05, 0) is 25.8 Å². The summed E-state index contributed by atoms with van der Waals surface area (Å²) in [6.45, 7) is 0.766. The molecular formula is C7H16N4O. The minimum atomic E-state index is -0.468. The van der Waals surface area contributed by atoms with Crippen molar-refractivity contribution >= 4 is 6.03 Å². The monoisotopic (exact) mass is 172 g/mol. The number of urea groups is 1. The molecule has 1 fully saturated rings. The zero-order valence-corrected chi connectivity index (χ0v) is 7.26. The minimum Gasteiger partial charge on any atom is -0.338 e. The Balaban J connectivity index is 2.01. The van der Waals surface area contributed by atoms with Crippen LogP contribution in [0.1, 0.15) is 12.8 Å². The molecule has 5 nitrogen and oxygen atoms in total. The number of rotatable bonds is 4. The van der Waals surface area contributed by atoms with E-state index in [2.05, 4.69) is 16.0 Å². The highest BCUT2D eigenvalue weighted by molar-refractivity contribution is 5.74. The largest absolute Gasteiger partial charge is 0.338 e. The molecule has 0 saturated heterocycles. The first-order valence-electron chi connectivity index (χ1n) is 4.19. The van der Waals surface area contributed by atoms with E-state index in [1.807, 2.05) is 0 Å². The molecule has 0 heterocycles. The van der Waals surface area contributed by atoms with Gasteiger partial charge in [-0.2, -0.15) is 0 Å². The first-order valence-corrected chi connectivity index (χ1v) is 4.19. The molecule has 1 unspecified atom stereocenters. The summed E-state index contributed by atoms with van der Waals surface area (Å²) in [4.78, 5) is 11.0. The van der Waals surface area contributed by atoms with Gasteiger partial charge >= 0.3 is 6.03 Å². The fourth-order valence-corrected chi connectivity index (χ4v) is 0.823. The van der Waals surface area contributed by atoms with Gasteiger partial charge in [0.2, 0.25) is 0 Å². The Hall–Kier alpha value is -0.810. The van der Waals surface area contributed by atoms with Gasteiger partial charge in [0.05, 0.1) is 0 Å². The molecule has 1 atom stereocenters. The lowest BCUT2D eigenvalue weighted by Gasteiger charge is -2.12. The summed E-state index contributed by atoms with van der Waals surface area (Å²) in [5.41, 5.74) is 5.41. The van der Waals surface area contributed by atoms with E-state index in [1.165, 1.54) is 12.8 Å². The molecule has 1 rings (SSSR count). The standard InChI is InChI=1S/C7H16N4O/c1-9-6(8)11-7(12)10-4-5-2-3-5/h5-6,9H,2-4,8H2,1H3,(H2,10,11,12). The van der Waals surface area contributed by atoms with E-state index >= 15 is 0 Å². The molecular weight excluding hydrogens is 156 g/mol.